The molecular weight excluding hydrogens is 286 g/mol. The Kier molecular flexibility index (Phi) is 10.3. The lowest BCUT2D eigenvalue weighted by Crippen LogP contribution is -2.36. The van der Waals surface area contributed by atoms with Crippen LogP contribution in [0.2, 0.25) is 0 Å². The molecule has 0 aromatic heterocycles. The first-order valence-corrected chi connectivity index (χ1v) is 8.06. The summed E-state index contributed by atoms with van der Waals surface area (Å²) in [6.07, 6.45) is 8.41. The number of esters is 1. The van der Waals surface area contributed by atoms with Crippen LogP contribution in [0.4, 0.5) is 0 Å². The van der Waals surface area contributed by atoms with Crippen LogP contribution in [0.5, 0.6) is 0 Å². The molecule has 0 aromatic carbocycles. The maximum absolute atomic E-state index is 11.1. The van der Waals surface area contributed by atoms with Crippen molar-refractivity contribution in [1.82, 2.24) is 4.90 Å². The van der Waals surface area contributed by atoms with Crippen molar-refractivity contribution in [3.05, 3.63) is 12.2 Å². The standard InChI is InChI=1S/C16H27NO5/c18-15(19)7-8-16(20)22-12-6-4-2-1-3-5-9-17-10-13-21-14-11-17/h7-8H,1-6,9-14H2,(H,18,19). The zero-order chi connectivity index (χ0) is 16.0. The topological polar surface area (TPSA) is 76.1 Å². The van der Waals surface area contributed by atoms with Crippen molar-refractivity contribution < 1.29 is 24.2 Å². The molecule has 1 N–H and O–H groups in total. The molecule has 0 spiro atoms. The molecule has 126 valence electrons. The normalized spacial score (nSPS) is 16.0. The van der Waals surface area contributed by atoms with Gasteiger partial charge in [0.2, 0.25) is 0 Å². The van der Waals surface area contributed by atoms with E-state index in [1.54, 1.807) is 0 Å². The molecule has 6 heteroatoms. The monoisotopic (exact) mass is 313 g/mol. The summed E-state index contributed by atoms with van der Waals surface area (Å²) in [5.74, 6) is -1.73. The fraction of sp³-hybridized carbons (Fsp3) is 0.750. The Morgan fingerprint density at radius 1 is 1.00 bits per heavy atom. The number of carbonyl (C=O) groups excluding carboxylic acids is 1. The summed E-state index contributed by atoms with van der Waals surface area (Å²) in [6.45, 7) is 5.36. The highest BCUT2D eigenvalue weighted by Crippen LogP contribution is 2.07. The number of carboxylic acids is 1. The van der Waals surface area contributed by atoms with E-state index in [0.717, 1.165) is 64.3 Å². The predicted molar refractivity (Wildman–Crippen MR) is 82.7 cm³/mol. The molecule has 1 aliphatic heterocycles. The molecule has 0 radical (unpaired) electrons. The van der Waals surface area contributed by atoms with Crippen LogP contribution in [0.25, 0.3) is 0 Å². The summed E-state index contributed by atoms with van der Waals surface area (Å²) in [6, 6.07) is 0. The molecule has 1 rings (SSSR count). The number of nitrogens with zero attached hydrogens (tertiary/aromatic N) is 1. The number of morpholine rings is 1. The van der Waals surface area contributed by atoms with Gasteiger partial charge in [0.25, 0.3) is 0 Å². The molecule has 0 aliphatic carbocycles. The Bertz CT molecular complexity index is 350. The molecule has 0 atom stereocenters. The van der Waals surface area contributed by atoms with Crippen LogP contribution in [0.1, 0.15) is 38.5 Å². The van der Waals surface area contributed by atoms with E-state index >= 15 is 0 Å². The molecule has 22 heavy (non-hydrogen) atoms. The van der Waals surface area contributed by atoms with Crippen molar-refractivity contribution in [1.29, 1.82) is 0 Å². The number of hydrogen-bond acceptors (Lipinski definition) is 5. The van der Waals surface area contributed by atoms with Crippen LogP contribution in [0.15, 0.2) is 12.2 Å². The molecule has 0 saturated carbocycles. The molecule has 6 nitrogen and oxygen atoms in total. The van der Waals surface area contributed by atoms with Gasteiger partial charge in [-0.2, -0.15) is 0 Å². The van der Waals surface area contributed by atoms with E-state index in [1.165, 1.54) is 19.3 Å². The summed E-state index contributed by atoms with van der Waals surface area (Å²) in [5, 5.41) is 8.35. The highest BCUT2D eigenvalue weighted by molar-refractivity contribution is 5.90. The molecule has 1 aliphatic rings. The largest absolute Gasteiger partial charge is 0.478 e. The number of unbranched alkanes of at least 4 members (excludes halogenated alkanes) is 5. The highest BCUT2D eigenvalue weighted by Gasteiger charge is 2.08. The molecule has 1 fully saturated rings. The number of hydrogen-bond donors (Lipinski definition) is 1. The SMILES string of the molecule is O=C(O)C=CC(=O)OCCCCCCCCN1CCOCC1. The first kappa shape index (κ1) is 18.6. The summed E-state index contributed by atoms with van der Waals surface area (Å²) < 4.78 is 10.2. The number of ether oxygens (including phenoxy) is 2. The third-order valence-electron chi connectivity index (χ3n) is 3.58. The quantitative estimate of drug-likeness (QED) is 0.356. The molecule has 0 bridgehead atoms. The third-order valence-corrected chi connectivity index (χ3v) is 3.58. The average Bonchev–Trinajstić information content (AvgIpc) is 2.52. The number of aliphatic carboxylic acids is 1. The number of carboxylic acid groups (broad SMARTS) is 1. The van der Waals surface area contributed by atoms with Gasteiger partial charge in [0.05, 0.1) is 19.8 Å². The van der Waals surface area contributed by atoms with E-state index in [9.17, 15) is 9.59 Å². The van der Waals surface area contributed by atoms with Gasteiger partial charge in [-0.3, -0.25) is 4.90 Å². The van der Waals surface area contributed by atoms with Crippen LogP contribution in [-0.2, 0) is 19.1 Å². The Labute approximate surface area is 132 Å². The van der Waals surface area contributed by atoms with Crippen LogP contribution < -0.4 is 0 Å². The van der Waals surface area contributed by atoms with E-state index in [1.807, 2.05) is 0 Å². The second-order valence-corrected chi connectivity index (χ2v) is 5.41. The molecule has 0 aromatic rings. The summed E-state index contributed by atoms with van der Waals surface area (Å²) in [5.41, 5.74) is 0. The van der Waals surface area contributed by atoms with Crippen molar-refractivity contribution in [2.75, 3.05) is 39.5 Å². The lowest BCUT2D eigenvalue weighted by atomic mass is 10.1. The maximum atomic E-state index is 11.1. The van der Waals surface area contributed by atoms with Gasteiger partial charge in [-0.15, -0.1) is 0 Å². The van der Waals surface area contributed by atoms with Gasteiger partial charge in [0.1, 0.15) is 0 Å². The van der Waals surface area contributed by atoms with Gasteiger partial charge < -0.3 is 14.6 Å². The second kappa shape index (κ2) is 12.2. The lowest BCUT2D eigenvalue weighted by Gasteiger charge is -2.26. The molecule has 0 unspecified atom stereocenters. The fourth-order valence-electron chi connectivity index (χ4n) is 2.33. The smallest absolute Gasteiger partial charge is 0.331 e. The minimum Gasteiger partial charge on any atom is -0.478 e. The van der Waals surface area contributed by atoms with Gasteiger partial charge in [-0.25, -0.2) is 9.59 Å². The van der Waals surface area contributed by atoms with E-state index in [-0.39, 0.29) is 0 Å². The molecule has 0 amide bonds. The number of rotatable bonds is 11. The first-order valence-electron chi connectivity index (χ1n) is 8.06. The number of carbonyl (C=O) groups is 2. The van der Waals surface area contributed by atoms with Crippen molar-refractivity contribution >= 4 is 11.9 Å². The maximum Gasteiger partial charge on any atom is 0.331 e. The average molecular weight is 313 g/mol. The van der Waals surface area contributed by atoms with Crippen LogP contribution in [-0.4, -0.2) is 61.4 Å². The van der Waals surface area contributed by atoms with Gasteiger partial charge in [0.15, 0.2) is 0 Å². The third kappa shape index (κ3) is 10.3. The van der Waals surface area contributed by atoms with Gasteiger partial charge in [0, 0.05) is 25.2 Å². The van der Waals surface area contributed by atoms with Crippen LogP contribution in [0.3, 0.4) is 0 Å². The minimum absolute atomic E-state index is 0.358. The predicted octanol–water partition coefficient (Wildman–Crippen LogP) is 1.84. The summed E-state index contributed by atoms with van der Waals surface area (Å²) in [4.78, 5) is 23.7. The van der Waals surface area contributed by atoms with E-state index in [0.29, 0.717) is 6.61 Å². The van der Waals surface area contributed by atoms with Crippen molar-refractivity contribution in [2.24, 2.45) is 0 Å². The summed E-state index contributed by atoms with van der Waals surface area (Å²) in [7, 11) is 0. The Hall–Kier alpha value is -1.40. The van der Waals surface area contributed by atoms with Crippen molar-refractivity contribution in [3.8, 4) is 0 Å². The van der Waals surface area contributed by atoms with E-state index in [2.05, 4.69) is 4.90 Å². The van der Waals surface area contributed by atoms with E-state index < -0.39 is 11.9 Å². The Morgan fingerprint density at radius 2 is 1.64 bits per heavy atom. The van der Waals surface area contributed by atoms with Crippen LogP contribution >= 0.6 is 0 Å². The van der Waals surface area contributed by atoms with E-state index in [4.69, 9.17) is 14.6 Å². The van der Waals surface area contributed by atoms with Crippen LogP contribution in [0, 0.1) is 0 Å². The second-order valence-electron chi connectivity index (χ2n) is 5.41. The van der Waals surface area contributed by atoms with Gasteiger partial charge in [-0.1, -0.05) is 25.7 Å². The summed E-state index contributed by atoms with van der Waals surface area (Å²) >= 11 is 0. The van der Waals surface area contributed by atoms with Crippen molar-refractivity contribution in [2.45, 2.75) is 38.5 Å². The fourth-order valence-corrected chi connectivity index (χ4v) is 2.33. The first-order chi connectivity index (χ1) is 10.7. The molecular formula is C16H27NO5. The minimum atomic E-state index is -1.14. The lowest BCUT2D eigenvalue weighted by molar-refractivity contribution is -0.138. The highest BCUT2D eigenvalue weighted by atomic mass is 16.5. The van der Waals surface area contributed by atoms with Gasteiger partial charge in [-0.05, 0) is 19.4 Å². The molecule has 1 heterocycles. The van der Waals surface area contributed by atoms with Gasteiger partial charge >= 0.3 is 11.9 Å². The van der Waals surface area contributed by atoms with Crippen molar-refractivity contribution in [3.63, 3.8) is 0 Å². The Balaban J connectivity index is 1.83. The zero-order valence-electron chi connectivity index (χ0n) is 13.2. The zero-order valence-corrected chi connectivity index (χ0v) is 13.2. The Morgan fingerprint density at radius 3 is 2.32 bits per heavy atom. The molecule has 1 saturated heterocycles.